The molecule has 2 aliphatic rings. The molecule has 0 saturated carbocycles. The number of rotatable bonds is 4. The van der Waals surface area contributed by atoms with Crippen molar-refractivity contribution >= 4 is 24.3 Å². The first-order chi connectivity index (χ1) is 8.58. The molecule has 110 valence electrons. The summed E-state index contributed by atoms with van der Waals surface area (Å²) < 4.78 is 24.5. The Kier molecular flexibility index (Phi) is 5.93. The molecular formula is C11H18ClF2N3O2. The Hall–Kier alpha value is -0.950. The number of hydrogen-bond donors (Lipinski definition) is 2. The van der Waals surface area contributed by atoms with Crippen LogP contribution < -0.4 is 10.6 Å². The number of carbonyl (C=O) groups excluding carboxylic acids is 2. The van der Waals surface area contributed by atoms with Crippen LogP contribution in [0.4, 0.5) is 13.6 Å². The van der Waals surface area contributed by atoms with Crippen molar-refractivity contribution in [2.24, 2.45) is 5.92 Å². The number of urea groups is 1. The van der Waals surface area contributed by atoms with Crippen molar-refractivity contribution < 1.29 is 18.4 Å². The van der Waals surface area contributed by atoms with Gasteiger partial charge in [0.15, 0.2) is 0 Å². The Morgan fingerprint density at radius 3 is 2.47 bits per heavy atom. The van der Waals surface area contributed by atoms with E-state index in [1.54, 1.807) is 0 Å². The molecule has 0 aromatic rings. The molecule has 2 N–H and O–H groups in total. The first-order valence-electron chi connectivity index (χ1n) is 6.18. The third kappa shape index (κ3) is 4.01. The van der Waals surface area contributed by atoms with Gasteiger partial charge in [-0.3, -0.25) is 9.69 Å². The predicted molar refractivity (Wildman–Crippen MR) is 67.5 cm³/mol. The third-order valence-corrected chi connectivity index (χ3v) is 3.46. The maximum absolute atomic E-state index is 12.2. The van der Waals surface area contributed by atoms with Crippen LogP contribution in [0.5, 0.6) is 0 Å². The van der Waals surface area contributed by atoms with Crippen LogP contribution in [0.15, 0.2) is 0 Å². The SMILES string of the molecule is Cl.O=C1NC(CC2CCNCC2)C(=O)N1CC(F)F. The van der Waals surface area contributed by atoms with Crippen molar-refractivity contribution in [1.82, 2.24) is 15.5 Å². The van der Waals surface area contributed by atoms with Crippen LogP contribution in [0.25, 0.3) is 0 Å². The zero-order valence-corrected chi connectivity index (χ0v) is 11.2. The normalized spacial score (nSPS) is 24.6. The summed E-state index contributed by atoms with van der Waals surface area (Å²) >= 11 is 0. The number of alkyl halides is 2. The van der Waals surface area contributed by atoms with Gasteiger partial charge in [-0.25, -0.2) is 13.6 Å². The molecule has 2 aliphatic heterocycles. The van der Waals surface area contributed by atoms with E-state index in [0.717, 1.165) is 25.9 Å². The highest BCUT2D eigenvalue weighted by atomic mass is 35.5. The minimum Gasteiger partial charge on any atom is -0.326 e. The summed E-state index contributed by atoms with van der Waals surface area (Å²) in [6, 6.07) is -1.32. The lowest BCUT2D eigenvalue weighted by atomic mass is 9.91. The average Bonchev–Trinajstić information content (AvgIpc) is 2.58. The molecule has 2 fully saturated rings. The lowest BCUT2D eigenvalue weighted by Crippen LogP contribution is -2.37. The van der Waals surface area contributed by atoms with Gasteiger partial charge in [0.25, 0.3) is 12.3 Å². The fourth-order valence-corrected chi connectivity index (χ4v) is 2.50. The van der Waals surface area contributed by atoms with E-state index in [4.69, 9.17) is 0 Å². The summed E-state index contributed by atoms with van der Waals surface area (Å²) in [4.78, 5) is 23.9. The molecule has 19 heavy (non-hydrogen) atoms. The summed E-state index contributed by atoms with van der Waals surface area (Å²) in [6.45, 7) is 0.994. The molecule has 2 saturated heterocycles. The molecule has 2 heterocycles. The summed E-state index contributed by atoms with van der Waals surface area (Å²) in [6.07, 6.45) is -0.230. The van der Waals surface area contributed by atoms with Gasteiger partial charge < -0.3 is 10.6 Å². The number of hydrogen-bond acceptors (Lipinski definition) is 3. The van der Waals surface area contributed by atoms with Gasteiger partial charge in [0.05, 0.1) is 6.54 Å². The number of carbonyl (C=O) groups is 2. The number of nitrogens with zero attached hydrogens (tertiary/aromatic N) is 1. The van der Waals surface area contributed by atoms with E-state index in [-0.39, 0.29) is 12.4 Å². The maximum Gasteiger partial charge on any atom is 0.324 e. The Morgan fingerprint density at radius 1 is 1.26 bits per heavy atom. The molecule has 0 aliphatic carbocycles. The summed E-state index contributed by atoms with van der Waals surface area (Å²) in [5, 5.41) is 5.70. The van der Waals surface area contributed by atoms with Crippen molar-refractivity contribution in [3.63, 3.8) is 0 Å². The van der Waals surface area contributed by atoms with Gasteiger partial charge >= 0.3 is 6.03 Å². The highest BCUT2D eigenvalue weighted by Crippen LogP contribution is 2.21. The van der Waals surface area contributed by atoms with E-state index < -0.39 is 31.0 Å². The predicted octanol–water partition coefficient (Wildman–Crippen LogP) is 0.983. The molecule has 8 heteroatoms. The highest BCUT2D eigenvalue weighted by Gasteiger charge is 2.40. The minimum atomic E-state index is -2.68. The zero-order valence-electron chi connectivity index (χ0n) is 10.4. The zero-order chi connectivity index (χ0) is 13.1. The maximum atomic E-state index is 12.2. The van der Waals surface area contributed by atoms with Crippen LogP contribution >= 0.6 is 12.4 Å². The topological polar surface area (TPSA) is 61.4 Å². The molecule has 0 bridgehead atoms. The van der Waals surface area contributed by atoms with Crippen molar-refractivity contribution in [1.29, 1.82) is 0 Å². The number of halogens is 3. The van der Waals surface area contributed by atoms with Crippen molar-refractivity contribution in [3.8, 4) is 0 Å². The Balaban J connectivity index is 0.00000180. The third-order valence-electron chi connectivity index (χ3n) is 3.46. The lowest BCUT2D eigenvalue weighted by molar-refractivity contribution is -0.129. The van der Waals surface area contributed by atoms with Gasteiger partial charge in [-0.05, 0) is 38.3 Å². The molecule has 0 aromatic carbocycles. The van der Waals surface area contributed by atoms with Crippen molar-refractivity contribution in [3.05, 3.63) is 0 Å². The van der Waals surface area contributed by atoms with E-state index in [0.29, 0.717) is 17.2 Å². The molecule has 5 nitrogen and oxygen atoms in total. The van der Waals surface area contributed by atoms with Gasteiger partial charge in [-0.1, -0.05) is 0 Å². The minimum absolute atomic E-state index is 0. The van der Waals surface area contributed by atoms with Gasteiger partial charge in [-0.2, -0.15) is 0 Å². The van der Waals surface area contributed by atoms with Crippen LogP contribution in [0.3, 0.4) is 0 Å². The van der Waals surface area contributed by atoms with Crippen LogP contribution in [0.1, 0.15) is 19.3 Å². The van der Waals surface area contributed by atoms with Crippen LogP contribution in [-0.2, 0) is 4.79 Å². The second-order valence-electron chi connectivity index (χ2n) is 4.77. The van der Waals surface area contributed by atoms with Crippen LogP contribution in [0, 0.1) is 5.92 Å². The molecule has 2 rings (SSSR count). The fraction of sp³-hybridized carbons (Fsp3) is 0.818. The van der Waals surface area contributed by atoms with E-state index in [2.05, 4.69) is 10.6 Å². The van der Waals surface area contributed by atoms with Crippen molar-refractivity contribution in [2.45, 2.75) is 31.7 Å². The monoisotopic (exact) mass is 297 g/mol. The second kappa shape index (κ2) is 7.00. The first-order valence-corrected chi connectivity index (χ1v) is 6.18. The summed E-state index contributed by atoms with van der Waals surface area (Å²) in [7, 11) is 0. The number of imide groups is 1. The smallest absolute Gasteiger partial charge is 0.324 e. The standard InChI is InChI=1S/C11H17F2N3O2.ClH/c12-9(13)6-16-10(17)8(15-11(16)18)5-7-1-3-14-4-2-7;/h7-9,14H,1-6H2,(H,15,18);1H. The molecule has 0 spiro atoms. The average molecular weight is 298 g/mol. The van der Waals surface area contributed by atoms with Gasteiger partial charge in [0, 0.05) is 0 Å². The molecule has 1 atom stereocenters. The largest absolute Gasteiger partial charge is 0.326 e. The molecule has 0 aromatic heterocycles. The Morgan fingerprint density at radius 2 is 1.89 bits per heavy atom. The van der Waals surface area contributed by atoms with E-state index in [9.17, 15) is 18.4 Å². The van der Waals surface area contributed by atoms with Crippen LogP contribution in [-0.4, -0.2) is 48.9 Å². The van der Waals surface area contributed by atoms with E-state index >= 15 is 0 Å². The van der Waals surface area contributed by atoms with Crippen molar-refractivity contribution in [2.75, 3.05) is 19.6 Å². The summed E-state index contributed by atoms with van der Waals surface area (Å²) in [5.41, 5.74) is 0. The summed E-state index contributed by atoms with van der Waals surface area (Å²) in [5.74, 6) is -0.147. The lowest BCUT2D eigenvalue weighted by Gasteiger charge is -2.24. The molecule has 0 radical (unpaired) electrons. The first kappa shape index (κ1) is 16.1. The van der Waals surface area contributed by atoms with Gasteiger partial charge in [-0.15, -0.1) is 12.4 Å². The highest BCUT2D eigenvalue weighted by molar-refractivity contribution is 6.04. The fourth-order valence-electron chi connectivity index (χ4n) is 2.50. The van der Waals surface area contributed by atoms with E-state index in [1.165, 1.54) is 0 Å². The van der Waals surface area contributed by atoms with Gasteiger partial charge in [0.2, 0.25) is 0 Å². The second-order valence-corrected chi connectivity index (χ2v) is 4.77. The Labute approximate surface area is 116 Å². The van der Waals surface area contributed by atoms with E-state index in [1.807, 2.05) is 0 Å². The number of nitrogens with one attached hydrogen (secondary N) is 2. The quantitative estimate of drug-likeness (QED) is 0.761. The molecule has 1 unspecified atom stereocenters. The Bertz CT molecular complexity index is 338. The molecule has 3 amide bonds. The van der Waals surface area contributed by atoms with Gasteiger partial charge in [0.1, 0.15) is 6.04 Å². The van der Waals surface area contributed by atoms with Crippen LogP contribution in [0.2, 0.25) is 0 Å². The number of amides is 3. The number of piperidine rings is 1. The molecular weight excluding hydrogens is 280 g/mol.